The molecule has 54 valence electrons. The van der Waals surface area contributed by atoms with Crippen molar-refractivity contribution in [2.75, 3.05) is 6.61 Å². The van der Waals surface area contributed by atoms with Gasteiger partial charge in [-0.15, -0.1) is 0 Å². The number of ether oxygens (including phenoxy) is 1. The van der Waals surface area contributed by atoms with Crippen LogP contribution in [0.1, 0.15) is 19.8 Å². The Balaban J connectivity index is 2.97. The largest absolute Gasteiger partial charge is 0.449 e. The van der Waals surface area contributed by atoms with E-state index in [-0.39, 0.29) is 0 Å². The molecule has 3 N–H and O–H groups in total. The summed E-state index contributed by atoms with van der Waals surface area (Å²) < 4.78 is 4.56. The molecule has 0 aliphatic rings. The smallest absolute Gasteiger partial charge is 0.421 e. The summed E-state index contributed by atoms with van der Waals surface area (Å²) in [6, 6.07) is 0. The summed E-state index contributed by atoms with van der Waals surface area (Å²) in [6.07, 6.45) is 1.33. The third kappa shape index (κ3) is 5.10. The van der Waals surface area contributed by atoms with E-state index >= 15 is 0 Å². The molecule has 0 aromatic rings. The molecule has 0 aliphatic heterocycles. The fraction of sp³-hybridized carbons (Fsp3) is 0.800. The van der Waals surface area contributed by atoms with Crippen molar-refractivity contribution in [3.63, 3.8) is 0 Å². The van der Waals surface area contributed by atoms with Crippen LogP contribution in [0.4, 0.5) is 4.79 Å². The van der Waals surface area contributed by atoms with Gasteiger partial charge in [0.05, 0.1) is 6.61 Å². The van der Waals surface area contributed by atoms with E-state index in [4.69, 9.17) is 5.84 Å². The van der Waals surface area contributed by atoms with Gasteiger partial charge in [-0.25, -0.2) is 10.6 Å². The molecule has 0 spiro atoms. The molecule has 0 aliphatic carbocycles. The highest BCUT2D eigenvalue weighted by Crippen LogP contribution is 1.86. The van der Waals surface area contributed by atoms with E-state index in [0.29, 0.717) is 6.61 Å². The Bertz CT molecular complexity index is 85.0. The second kappa shape index (κ2) is 5.37. The molecule has 0 saturated carbocycles. The third-order valence-electron chi connectivity index (χ3n) is 0.849. The van der Waals surface area contributed by atoms with Gasteiger partial charge in [0.2, 0.25) is 0 Å². The second-order valence-electron chi connectivity index (χ2n) is 1.63. The first-order valence-electron chi connectivity index (χ1n) is 2.94. The van der Waals surface area contributed by atoms with Gasteiger partial charge >= 0.3 is 6.09 Å². The van der Waals surface area contributed by atoms with E-state index in [0.717, 1.165) is 12.8 Å². The Labute approximate surface area is 54.3 Å². The van der Waals surface area contributed by atoms with E-state index in [1.54, 1.807) is 0 Å². The van der Waals surface area contributed by atoms with E-state index in [1.165, 1.54) is 0 Å². The molecular weight excluding hydrogens is 120 g/mol. The van der Waals surface area contributed by atoms with Crippen LogP contribution in [0.5, 0.6) is 0 Å². The molecule has 0 atom stereocenters. The maximum absolute atomic E-state index is 10.2. The lowest BCUT2D eigenvalue weighted by molar-refractivity contribution is 0.144. The lowest BCUT2D eigenvalue weighted by Crippen LogP contribution is -2.30. The van der Waals surface area contributed by atoms with Crippen molar-refractivity contribution in [1.29, 1.82) is 0 Å². The summed E-state index contributed by atoms with van der Waals surface area (Å²) in [5, 5.41) is 0. The summed E-state index contributed by atoms with van der Waals surface area (Å²) in [5.41, 5.74) is 1.86. The Hall–Kier alpha value is -0.770. The number of nitrogens with one attached hydrogen (secondary N) is 1. The molecular formula is C5H12N2O2. The minimum Gasteiger partial charge on any atom is -0.449 e. The maximum atomic E-state index is 10.2. The van der Waals surface area contributed by atoms with Crippen LogP contribution in [0.25, 0.3) is 0 Å². The van der Waals surface area contributed by atoms with E-state index in [2.05, 4.69) is 4.74 Å². The van der Waals surface area contributed by atoms with Crippen LogP contribution in [-0.4, -0.2) is 12.7 Å². The SMILES string of the molecule is CCCCOC(=O)NN. The highest BCUT2D eigenvalue weighted by molar-refractivity contribution is 5.66. The van der Waals surface area contributed by atoms with E-state index in [9.17, 15) is 4.79 Å². The first-order chi connectivity index (χ1) is 4.31. The molecule has 0 aromatic carbocycles. The molecule has 0 saturated heterocycles. The molecule has 0 rings (SSSR count). The van der Waals surface area contributed by atoms with Crippen LogP contribution < -0.4 is 11.3 Å². The summed E-state index contributed by atoms with van der Waals surface area (Å²) in [5.74, 6) is 4.73. The molecule has 0 bridgehead atoms. The molecule has 0 unspecified atom stereocenters. The molecule has 0 fully saturated rings. The van der Waals surface area contributed by atoms with Gasteiger partial charge in [0.1, 0.15) is 0 Å². The van der Waals surface area contributed by atoms with Crippen molar-refractivity contribution in [3.8, 4) is 0 Å². The number of rotatable bonds is 3. The Morgan fingerprint density at radius 1 is 1.78 bits per heavy atom. The third-order valence-corrected chi connectivity index (χ3v) is 0.849. The Morgan fingerprint density at radius 2 is 2.44 bits per heavy atom. The monoisotopic (exact) mass is 132 g/mol. The zero-order chi connectivity index (χ0) is 7.11. The van der Waals surface area contributed by atoms with Gasteiger partial charge < -0.3 is 4.74 Å². The van der Waals surface area contributed by atoms with Gasteiger partial charge in [-0.3, -0.25) is 5.43 Å². The number of unbranched alkanes of at least 4 members (excludes halogenated alkanes) is 1. The number of hydrogen-bond acceptors (Lipinski definition) is 3. The topological polar surface area (TPSA) is 64.3 Å². The summed E-state index contributed by atoms with van der Waals surface area (Å²) >= 11 is 0. The predicted octanol–water partition coefficient (Wildman–Crippen LogP) is 0.386. The van der Waals surface area contributed by atoms with Crippen LogP contribution >= 0.6 is 0 Å². The van der Waals surface area contributed by atoms with Crippen LogP contribution in [0.3, 0.4) is 0 Å². The van der Waals surface area contributed by atoms with Crippen molar-refractivity contribution < 1.29 is 9.53 Å². The van der Waals surface area contributed by atoms with Gasteiger partial charge in [-0.1, -0.05) is 13.3 Å². The predicted molar refractivity (Wildman–Crippen MR) is 33.6 cm³/mol. The Kier molecular flexibility index (Phi) is 4.91. The van der Waals surface area contributed by atoms with Gasteiger partial charge in [0, 0.05) is 0 Å². The standard InChI is InChI=1S/C5H12N2O2/c1-2-3-4-9-5(8)7-6/h2-4,6H2,1H3,(H,7,8). The van der Waals surface area contributed by atoms with Gasteiger partial charge in [-0.05, 0) is 6.42 Å². The minimum atomic E-state index is -0.566. The van der Waals surface area contributed by atoms with Crippen molar-refractivity contribution in [2.45, 2.75) is 19.8 Å². The number of carbonyl (C=O) groups is 1. The number of carbonyl (C=O) groups excluding carboxylic acids is 1. The van der Waals surface area contributed by atoms with Crippen molar-refractivity contribution in [1.82, 2.24) is 5.43 Å². The van der Waals surface area contributed by atoms with Crippen molar-refractivity contribution in [3.05, 3.63) is 0 Å². The summed E-state index contributed by atoms with van der Waals surface area (Å²) in [4.78, 5) is 10.2. The number of hydrazine groups is 1. The number of nitrogens with two attached hydrogens (primary N) is 1. The zero-order valence-electron chi connectivity index (χ0n) is 5.52. The fourth-order valence-corrected chi connectivity index (χ4v) is 0.351. The quantitative estimate of drug-likeness (QED) is 0.252. The summed E-state index contributed by atoms with van der Waals surface area (Å²) in [6.45, 7) is 2.46. The molecule has 0 aromatic heterocycles. The van der Waals surface area contributed by atoms with Crippen LogP contribution in [0.2, 0.25) is 0 Å². The molecule has 0 heterocycles. The highest BCUT2D eigenvalue weighted by atomic mass is 16.5. The maximum Gasteiger partial charge on any atom is 0.421 e. The second-order valence-corrected chi connectivity index (χ2v) is 1.63. The van der Waals surface area contributed by atoms with Crippen LogP contribution in [0, 0.1) is 0 Å². The van der Waals surface area contributed by atoms with Gasteiger partial charge in [-0.2, -0.15) is 0 Å². The molecule has 4 nitrogen and oxygen atoms in total. The van der Waals surface area contributed by atoms with Gasteiger partial charge in [0.15, 0.2) is 0 Å². The average Bonchev–Trinajstić information content (AvgIpc) is 1.89. The van der Waals surface area contributed by atoms with Crippen LogP contribution in [0.15, 0.2) is 0 Å². The molecule has 4 heteroatoms. The summed E-state index contributed by atoms with van der Waals surface area (Å²) in [7, 11) is 0. The fourth-order valence-electron chi connectivity index (χ4n) is 0.351. The van der Waals surface area contributed by atoms with Crippen molar-refractivity contribution in [2.24, 2.45) is 5.84 Å². The number of amides is 1. The average molecular weight is 132 g/mol. The Morgan fingerprint density at radius 3 is 2.89 bits per heavy atom. The molecule has 9 heavy (non-hydrogen) atoms. The first-order valence-corrected chi connectivity index (χ1v) is 2.94. The van der Waals surface area contributed by atoms with Crippen LogP contribution in [-0.2, 0) is 4.74 Å². The lowest BCUT2D eigenvalue weighted by Gasteiger charge is -2.00. The first kappa shape index (κ1) is 8.23. The van der Waals surface area contributed by atoms with Crippen molar-refractivity contribution >= 4 is 6.09 Å². The molecule has 0 radical (unpaired) electrons. The van der Waals surface area contributed by atoms with E-state index in [1.807, 2.05) is 12.3 Å². The normalized spacial score (nSPS) is 8.67. The lowest BCUT2D eigenvalue weighted by atomic mass is 10.4. The highest BCUT2D eigenvalue weighted by Gasteiger charge is 1.93. The van der Waals surface area contributed by atoms with Gasteiger partial charge in [0.25, 0.3) is 0 Å². The minimum absolute atomic E-state index is 0.444. The number of hydrogen-bond donors (Lipinski definition) is 2. The zero-order valence-corrected chi connectivity index (χ0v) is 5.52. The van der Waals surface area contributed by atoms with E-state index < -0.39 is 6.09 Å². The molecule has 1 amide bonds.